The third-order valence-electron chi connectivity index (χ3n) is 3.06. The standard InChI is InChI=1S/C16H18N2O3/c1-2-17-11-13-5-9-16(10-6-13)21-12-14-3-7-15(8-4-14)18(19)20/h3-10,17H,2,11-12H2,1H3. The number of non-ortho nitro benzene ring substituents is 1. The Bertz CT molecular complexity index is 579. The fraction of sp³-hybridized carbons (Fsp3) is 0.250. The summed E-state index contributed by atoms with van der Waals surface area (Å²) in [4.78, 5) is 10.2. The van der Waals surface area contributed by atoms with Crippen molar-refractivity contribution in [2.75, 3.05) is 6.54 Å². The minimum absolute atomic E-state index is 0.0894. The summed E-state index contributed by atoms with van der Waals surface area (Å²) in [5, 5.41) is 13.8. The van der Waals surface area contributed by atoms with Crippen molar-refractivity contribution < 1.29 is 9.66 Å². The van der Waals surface area contributed by atoms with Crippen LogP contribution in [0.25, 0.3) is 0 Å². The second kappa shape index (κ2) is 7.40. The van der Waals surface area contributed by atoms with E-state index in [1.807, 2.05) is 24.3 Å². The Morgan fingerprint density at radius 3 is 2.24 bits per heavy atom. The van der Waals surface area contributed by atoms with E-state index in [4.69, 9.17) is 4.74 Å². The number of nitrogens with one attached hydrogen (secondary N) is 1. The van der Waals surface area contributed by atoms with Gasteiger partial charge in [-0.3, -0.25) is 10.1 Å². The van der Waals surface area contributed by atoms with Crippen LogP contribution in [0.1, 0.15) is 18.1 Å². The number of nitro benzene ring substituents is 1. The second-order valence-electron chi connectivity index (χ2n) is 4.64. The zero-order chi connectivity index (χ0) is 15.1. The molecule has 2 rings (SSSR count). The maximum absolute atomic E-state index is 10.6. The number of ether oxygens (including phenoxy) is 1. The summed E-state index contributed by atoms with van der Waals surface area (Å²) < 4.78 is 5.66. The van der Waals surface area contributed by atoms with Crippen molar-refractivity contribution in [3.05, 3.63) is 69.8 Å². The molecule has 0 aliphatic rings. The van der Waals surface area contributed by atoms with Crippen LogP contribution in [0.4, 0.5) is 5.69 Å². The number of hydrogen-bond acceptors (Lipinski definition) is 4. The molecule has 0 radical (unpaired) electrons. The largest absolute Gasteiger partial charge is 0.489 e. The van der Waals surface area contributed by atoms with Gasteiger partial charge in [-0.25, -0.2) is 0 Å². The van der Waals surface area contributed by atoms with Gasteiger partial charge in [-0.15, -0.1) is 0 Å². The minimum Gasteiger partial charge on any atom is -0.489 e. The number of nitrogens with zero attached hydrogens (tertiary/aromatic N) is 1. The van der Waals surface area contributed by atoms with E-state index in [0.717, 1.165) is 24.4 Å². The van der Waals surface area contributed by atoms with Gasteiger partial charge in [0.15, 0.2) is 0 Å². The molecule has 5 heteroatoms. The Labute approximate surface area is 123 Å². The Morgan fingerprint density at radius 2 is 1.67 bits per heavy atom. The zero-order valence-corrected chi connectivity index (χ0v) is 11.9. The van der Waals surface area contributed by atoms with Crippen molar-refractivity contribution in [2.24, 2.45) is 0 Å². The minimum atomic E-state index is -0.409. The molecule has 0 aliphatic carbocycles. The summed E-state index contributed by atoms with van der Waals surface area (Å²) >= 11 is 0. The molecule has 0 saturated heterocycles. The van der Waals surface area contributed by atoms with Gasteiger partial charge in [-0.1, -0.05) is 19.1 Å². The van der Waals surface area contributed by atoms with Gasteiger partial charge in [0, 0.05) is 18.7 Å². The lowest BCUT2D eigenvalue weighted by molar-refractivity contribution is -0.384. The van der Waals surface area contributed by atoms with Crippen LogP contribution in [0.5, 0.6) is 5.75 Å². The molecule has 110 valence electrons. The summed E-state index contributed by atoms with van der Waals surface area (Å²) in [6.07, 6.45) is 0. The molecule has 0 bridgehead atoms. The smallest absolute Gasteiger partial charge is 0.269 e. The van der Waals surface area contributed by atoms with Crippen molar-refractivity contribution in [3.63, 3.8) is 0 Å². The molecule has 0 fully saturated rings. The summed E-state index contributed by atoms with van der Waals surface area (Å²) in [5.41, 5.74) is 2.20. The highest BCUT2D eigenvalue weighted by Gasteiger charge is 2.04. The lowest BCUT2D eigenvalue weighted by Gasteiger charge is -2.07. The molecule has 0 amide bonds. The fourth-order valence-corrected chi connectivity index (χ4v) is 1.85. The van der Waals surface area contributed by atoms with E-state index >= 15 is 0 Å². The van der Waals surface area contributed by atoms with Crippen LogP contribution in [0.3, 0.4) is 0 Å². The lowest BCUT2D eigenvalue weighted by Crippen LogP contribution is -2.11. The van der Waals surface area contributed by atoms with Crippen molar-refractivity contribution >= 4 is 5.69 Å². The molecule has 5 nitrogen and oxygen atoms in total. The summed E-state index contributed by atoms with van der Waals surface area (Å²) in [7, 11) is 0. The highest BCUT2D eigenvalue weighted by atomic mass is 16.6. The molecule has 0 spiro atoms. The molecular weight excluding hydrogens is 268 g/mol. The van der Waals surface area contributed by atoms with Gasteiger partial charge in [0.05, 0.1) is 4.92 Å². The Balaban J connectivity index is 1.88. The Kier molecular flexibility index (Phi) is 5.29. The first-order valence-corrected chi connectivity index (χ1v) is 6.85. The predicted octanol–water partition coefficient (Wildman–Crippen LogP) is 3.28. The maximum Gasteiger partial charge on any atom is 0.269 e. The average Bonchev–Trinajstić information content (AvgIpc) is 2.52. The molecule has 21 heavy (non-hydrogen) atoms. The first kappa shape index (κ1) is 15.0. The van der Waals surface area contributed by atoms with Crippen LogP contribution >= 0.6 is 0 Å². The second-order valence-corrected chi connectivity index (χ2v) is 4.64. The fourth-order valence-electron chi connectivity index (χ4n) is 1.85. The maximum atomic E-state index is 10.6. The monoisotopic (exact) mass is 286 g/mol. The molecular formula is C16H18N2O3. The third-order valence-corrected chi connectivity index (χ3v) is 3.06. The van der Waals surface area contributed by atoms with Gasteiger partial charge in [0.2, 0.25) is 0 Å². The first-order chi connectivity index (χ1) is 10.2. The molecule has 1 N–H and O–H groups in total. The summed E-state index contributed by atoms with van der Waals surface area (Å²) in [5.74, 6) is 0.786. The highest BCUT2D eigenvalue weighted by Crippen LogP contribution is 2.16. The molecule has 0 saturated carbocycles. The van der Waals surface area contributed by atoms with Crippen molar-refractivity contribution in [2.45, 2.75) is 20.1 Å². The molecule has 2 aromatic rings. The lowest BCUT2D eigenvalue weighted by atomic mass is 10.2. The topological polar surface area (TPSA) is 64.4 Å². The normalized spacial score (nSPS) is 10.3. The molecule has 0 unspecified atom stereocenters. The van der Waals surface area contributed by atoms with E-state index in [1.54, 1.807) is 12.1 Å². The van der Waals surface area contributed by atoms with E-state index in [9.17, 15) is 10.1 Å². The number of nitro groups is 1. The van der Waals surface area contributed by atoms with E-state index in [0.29, 0.717) is 6.61 Å². The highest BCUT2D eigenvalue weighted by molar-refractivity contribution is 5.33. The van der Waals surface area contributed by atoms with Gasteiger partial charge in [0.25, 0.3) is 5.69 Å². The van der Waals surface area contributed by atoms with Crippen LogP contribution in [0.15, 0.2) is 48.5 Å². The third kappa shape index (κ3) is 4.57. The van der Waals surface area contributed by atoms with Gasteiger partial charge >= 0.3 is 0 Å². The van der Waals surface area contributed by atoms with E-state index in [2.05, 4.69) is 12.2 Å². The molecule has 0 atom stereocenters. The van der Waals surface area contributed by atoms with Crippen LogP contribution in [-0.4, -0.2) is 11.5 Å². The summed E-state index contributed by atoms with van der Waals surface area (Å²) in [6, 6.07) is 14.3. The molecule has 0 aliphatic heterocycles. The average molecular weight is 286 g/mol. The van der Waals surface area contributed by atoms with Gasteiger partial charge in [-0.05, 0) is 41.9 Å². The van der Waals surface area contributed by atoms with Crippen LogP contribution in [-0.2, 0) is 13.2 Å². The van der Waals surface area contributed by atoms with Crippen LogP contribution in [0, 0.1) is 10.1 Å². The first-order valence-electron chi connectivity index (χ1n) is 6.85. The molecule has 0 heterocycles. The van der Waals surface area contributed by atoms with Gasteiger partial charge in [-0.2, -0.15) is 0 Å². The predicted molar refractivity (Wildman–Crippen MR) is 81.3 cm³/mol. The van der Waals surface area contributed by atoms with Crippen LogP contribution in [0.2, 0.25) is 0 Å². The Hall–Kier alpha value is -2.40. The van der Waals surface area contributed by atoms with E-state index < -0.39 is 4.92 Å². The van der Waals surface area contributed by atoms with Crippen molar-refractivity contribution in [3.8, 4) is 5.75 Å². The van der Waals surface area contributed by atoms with Crippen molar-refractivity contribution in [1.29, 1.82) is 0 Å². The SMILES string of the molecule is CCNCc1ccc(OCc2ccc([N+](=O)[O-])cc2)cc1. The number of hydrogen-bond donors (Lipinski definition) is 1. The Morgan fingerprint density at radius 1 is 1.05 bits per heavy atom. The molecule has 0 aromatic heterocycles. The van der Waals surface area contributed by atoms with E-state index in [1.165, 1.54) is 17.7 Å². The summed E-state index contributed by atoms with van der Waals surface area (Å²) in [6.45, 7) is 4.25. The number of rotatable bonds is 7. The number of benzene rings is 2. The zero-order valence-electron chi connectivity index (χ0n) is 11.9. The van der Waals surface area contributed by atoms with Gasteiger partial charge in [0.1, 0.15) is 12.4 Å². The van der Waals surface area contributed by atoms with Crippen LogP contribution < -0.4 is 10.1 Å². The quantitative estimate of drug-likeness (QED) is 0.626. The van der Waals surface area contributed by atoms with Crippen molar-refractivity contribution in [1.82, 2.24) is 5.32 Å². The molecule has 2 aromatic carbocycles. The van der Waals surface area contributed by atoms with Gasteiger partial charge < -0.3 is 10.1 Å². The van der Waals surface area contributed by atoms with E-state index in [-0.39, 0.29) is 5.69 Å².